The molecule has 0 amide bonds. The zero-order valence-electron chi connectivity index (χ0n) is 11.1. The molecule has 0 atom stereocenters. The normalized spacial score (nSPS) is 10.8. The number of hydrogen-bond acceptors (Lipinski definition) is 4. The first-order valence-electron chi connectivity index (χ1n) is 6.14. The van der Waals surface area contributed by atoms with Gasteiger partial charge in [-0.25, -0.2) is 17.6 Å². The summed E-state index contributed by atoms with van der Waals surface area (Å²) in [4.78, 5) is 0. The lowest BCUT2D eigenvalue weighted by molar-refractivity contribution is 0.447. The van der Waals surface area contributed by atoms with Crippen molar-refractivity contribution in [1.29, 1.82) is 0 Å². The standard InChI is InChI=1S/C14H6ClF4N3O/c15-8-5-7(1-2-9(8)16)20-14-22-21-13(23-14)6-3-10(17)12(19)11(18)4-6/h1-5H,(H,20,22). The van der Waals surface area contributed by atoms with Gasteiger partial charge < -0.3 is 9.73 Å². The highest BCUT2D eigenvalue weighted by atomic mass is 35.5. The van der Waals surface area contributed by atoms with Crippen molar-refractivity contribution in [3.8, 4) is 11.5 Å². The Balaban J connectivity index is 1.87. The minimum Gasteiger partial charge on any atom is -0.403 e. The third-order valence-corrected chi connectivity index (χ3v) is 3.12. The van der Waals surface area contributed by atoms with Crippen molar-refractivity contribution in [3.63, 3.8) is 0 Å². The first kappa shape index (κ1) is 15.3. The van der Waals surface area contributed by atoms with Crippen molar-refractivity contribution in [1.82, 2.24) is 10.2 Å². The monoisotopic (exact) mass is 343 g/mol. The Hall–Kier alpha value is -2.61. The summed E-state index contributed by atoms with van der Waals surface area (Å²) in [7, 11) is 0. The van der Waals surface area contributed by atoms with Gasteiger partial charge in [-0.2, -0.15) is 0 Å². The van der Waals surface area contributed by atoms with Gasteiger partial charge in [0.2, 0.25) is 5.89 Å². The maximum Gasteiger partial charge on any atom is 0.320 e. The molecule has 3 aromatic rings. The maximum absolute atomic E-state index is 13.2. The second-order valence-corrected chi connectivity index (χ2v) is 4.83. The molecule has 0 bridgehead atoms. The molecule has 0 fully saturated rings. The van der Waals surface area contributed by atoms with Crippen molar-refractivity contribution in [2.45, 2.75) is 0 Å². The van der Waals surface area contributed by atoms with Gasteiger partial charge in [0.05, 0.1) is 5.02 Å². The minimum atomic E-state index is -1.59. The van der Waals surface area contributed by atoms with Gasteiger partial charge in [-0.05, 0) is 30.3 Å². The molecule has 1 heterocycles. The lowest BCUT2D eigenvalue weighted by atomic mass is 10.2. The molecule has 0 saturated carbocycles. The number of aromatic nitrogens is 2. The van der Waals surface area contributed by atoms with Crippen molar-refractivity contribution in [3.05, 3.63) is 58.6 Å². The van der Waals surface area contributed by atoms with Crippen LogP contribution in [0.25, 0.3) is 11.5 Å². The van der Waals surface area contributed by atoms with Gasteiger partial charge in [0.15, 0.2) is 17.5 Å². The second-order valence-electron chi connectivity index (χ2n) is 4.42. The van der Waals surface area contributed by atoms with E-state index in [0.29, 0.717) is 5.69 Å². The number of benzene rings is 2. The minimum absolute atomic E-state index is 0.114. The molecule has 0 saturated heterocycles. The van der Waals surface area contributed by atoms with Crippen molar-refractivity contribution < 1.29 is 22.0 Å². The summed E-state index contributed by atoms with van der Waals surface area (Å²) in [5.74, 6) is -5.16. The Bertz CT molecular complexity index is 861. The molecule has 0 aliphatic carbocycles. The SMILES string of the molecule is Fc1ccc(Nc2nnc(-c3cc(F)c(F)c(F)c3)o2)cc1Cl. The highest BCUT2D eigenvalue weighted by Crippen LogP contribution is 2.26. The second kappa shape index (κ2) is 5.88. The maximum atomic E-state index is 13.2. The van der Waals surface area contributed by atoms with Gasteiger partial charge in [0.25, 0.3) is 0 Å². The molecule has 3 rings (SSSR count). The van der Waals surface area contributed by atoms with Gasteiger partial charge in [0, 0.05) is 11.3 Å². The summed E-state index contributed by atoms with van der Waals surface area (Å²) in [6.07, 6.45) is 0. The Labute approximate surface area is 131 Å². The summed E-state index contributed by atoms with van der Waals surface area (Å²) in [6.45, 7) is 0. The van der Waals surface area contributed by atoms with Crippen LogP contribution in [-0.4, -0.2) is 10.2 Å². The van der Waals surface area contributed by atoms with Crippen LogP contribution in [0.2, 0.25) is 5.02 Å². The van der Waals surface area contributed by atoms with E-state index in [9.17, 15) is 17.6 Å². The van der Waals surface area contributed by atoms with Crippen LogP contribution in [0.4, 0.5) is 29.3 Å². The van der Waals surface area contributed by atoms with E-state index in [2.05, 4.69) is 15.5 Å². The highest BCUT2D eigenvalue weighted by molar-refractivity contribution is 6.31. The Kier molecular flexibility index (Phi) is 3.91. The summed E-state index contributed by atoms with van der Waals surface area (Å²) in [6, 6.07) is 5.13. The molecule has 0 spiro atoms. The molecule has 0 aliphatic heterocycles. The summed E-state index contributed by atoms with van der Waals surface area (Å²) < 4.78 is 57.5. The molecular weight excluding hydrogens is 338 g/mol. The smallest absolute Gasteiger partial charge is 0.320 e. The van der Waals surface area contributed by atoms with Gasteiger partial charge >= 0.3 is 6.01 Å². The molecule has 4 nitrogen and oxygen atoms in total. The van der Waals surface area contributed by atoms with Crippen molar-refractivity contribution in [2.24, 2.45) is 0 Å². The number of halogens is 5. The quantitative estimate of drug-likeness (QED) is 0.553. The van der Waals surface area contributed by atoms with Crippen LogP contribution in [0.1, 0.15) is 0 Å². The van der Waals surface area contributed by atoms with E-state index in [1.54, 1.807) is 0 Å². The molecule has 0 radical (unpaired) electrons. The molecule has 9 heteroatoms. The highest BCUT2D eigenvalue weighted by Gasteiger charge is 2.16. The van der Waals surface area contributed by atoms with Crippen LogP contribution < -0.4 is 5.32 Å². The fourth-order valence-corrected chi connectivity index (χ4v) is 1.95. The lowest BCUT2D eigenvalue weighted by Gasteiger charge is -2.02. The molecule has 0 unspecified atom stereocenters. The molecule has 23 heavy (non-hydrogen) atoms. The van der Waals surface area contributed by atoms with Crippen LogP contribution in [0.5, 0.6) is 0 Å². The van der Waals surface area contributed by atoms with E-state index >= 15 is 0 Å². The zero-order valence-corrected chi connectivity index (χ0v) is 11.8. The summed E-state index contributed by atoms with van der Waals surface area (Å²) in [5, 5.41) is 9.75. The van der Waals surface area contributed by atoms with E-state index in [1.165, 1.54) is 12.1 Å². The average Bonchev–Trinajstić information content (AvgIpc) is 2.96. The first-order chi connectivity index (χ1) is 10.9. The number of nitrogens with zero attached hydrogens (tertiary/aromatic N) is 2. The molecule has 2 aromatic carbocycles. The molecular formula is C14H6ClF4N3O. The number of anilines is 2. The van der Waals surface area contributed by atoms with Gasteiger partial charge in [-0.3, -0.25) is 0 Å². The van der Waals surface area contributed by atoms with Crippen LogP contribution in [0.3, 0.4) is 0 Å². The Morgan fingerprint density at radius 3 is 2.26 bits per heavy atom. The summed E-state index contributed by atoms with van der Waals surface area (Å²) in [5.41, 5.74) is 0.238. The predicted octanol–water partition coefficient (Wildman–Crippen LogP) is 4.69. The van der Waals surface area contributed by atoms with Crippen molar-refractivity contribution >= 4 is 23.3 Å². The largest absolute Gasteiger partial charge is 0.403 e. The van der Waals surface area contributed by atoms with Crippen LogP contribution in [0, 0.1) is 23.3 Å². The first-order valence-corrected chi connectivity index (χ1v) is 6.52. The number of hydrogen-bond donors (Lipinski definition) is 1. The van der Waals surface area contributed by atoms with E-state index in [-0.39, 0.29) is 22.5 Å². The number of nitrogens with one attached hydrogen (secondary N) is 1. The van der Waals surface area contributed by atoms with E-state index in [1.807, 2.05) is 0 Å². The molecule has 1 N–H and O–H groups in total. The number of rotatable bonds is 3. The van der Waals surface area contributed by atoms with Gasteiger partial charge in [0.1, 0.15) is 5.82 Å². The van der Waals surface area contributed by atoms with Crippen LogP contribution in [0.15, 0.2) is 34.7 Å². The molecule has 0 aliphatic rings. The predicted molar refractivity (Wildman–Crippen MR) is 74.3 cm³/mol. The van der Waals surface area contributed by atoms with E-state index in [0.717, 1.165) is 18.2 Å². The fourth-order valence-electron chi connectivity index (χ4n) is 1.77. The fraction of sp³-hybridized carbons (Fsp3) is 0. The Morgan fingerprint density at radius 2 is 1.61 bits per heavy atom. The third kappa shape index (κ3) is 3.11. The topological polar surface area (TPSA) is 51.0 Å². The van der Waals surface area contributed by atoms with Crippen molar-refractivity contribution in [2.75, 3.05) is 5.32 Å². The van der Waals surface area contributed by atoms with Gasteiger partial charge in [-0.1, -0.05) is 16.7 Å². The van der Waals surface area contributed by atoms with E-state index in [4.69, 9.17) is 16.0 Å². The van der Waals surface area contributed by atoms with E-state index < -0.39 is 23.3 Å². The Morgan fingerprint density at radius 1 is 0.913 bits per heavy atom. The molecule has 118 valence electrons. The average molecular weight is 344 g/mol. The summed E-state index contributed by atoms with van der Waals surface area (Å²) >= 11 is 5.63. The third-order valence-electron chi connectivity index (χ3n) is 2.83. The molecule has 1 aromatic heterocycles. The zero-order chi connectivity index (χ0) is 16.6. The van der Waals surface area contributed by atoms with Crippen LogP contribution in [-0.2, 0) is 0 Å². The lowest BCUT2D eigenvalue weighted by Crippen LogP contribution is -1.91. The van der Waals surface area contributed by atoms with Gasteiger partial charge in [-0.15, -0.1) is 5.10 Å². The van der Waals surface area contributed by atoms with Crippen LogP contribution >= 0.6 is 11.6 Å².